The van der Waals surface area contributed by atoms with E-state index in [1.165, 1.54) is 0 Å². The molecule has 0 saturated carbocycles. The van der Waals surface area contributed by atoms with E-state index in [4.69, 9.17) is 11.6 Å². The highest BCUT2D eigenvalue weighted by molar-refractivity contribution is 8.00. The predicted molar refractivity (Wildman–Crippen MR) is 79.3 cm³/mol. The third-order valence-electron chi connectivity index (χ3n) is 2.57. The molecular weight excluding hydrogens is 266 g/mol. The molecule has 100 valence electrons. The zero-order chi connectivity index (χ0) is 13.2. The molecule has 18 heavy (non-hydrogen) atoms. The molecule has 1 rings (SSSR count). The van der Waals surface area contributed by atoms with E-state index in [2.05, 4.69) is 12.2 Å². The second kappa shape index (κ2) is 9.29. The number of rotatable bonds is 8. The fourth-order valence-electron chi connectivity index (χ4n) is 1.47. The molecule has 1 aromatic rings. The van der Waals surface area contributed by atoms with Crippen molar-refractivity contribution in [1.29, 1.82) is 0 Å². The van der Waals surface area contributed by atoms with E-state index in [1.54, 1.807) is 11.8 Å². The van der Waals surface area contributed by atoms with E-state index < -0.39 is 0 Å². The molecule has 4 heteroatoms. The van der Waals surface area contributed by atoms with Crippen molar-refractivity contribution >= 4 is 29.3 Å². The first kappa shape index (κ1) is 15.4. The molecule has 0 radical (unpaired) electrons. The number of alkyl halides is 1. The summed E-state index contributed by atoms with van der Waals surface area (Å²) in [5.74, 6) is 1.80. The van der Waals surface area contributed by atoms with Crippen molar-refractivity contribution in [3.8, 4) is 0 Å². The van der Waals surface area contributed by atoms with Crippen molar-refractivity contribution in [3.05, 3.63) is 30.3 Å². The minimum Gasteiger partial charge on any atom is -0.355 e. The summed E-state index contributed by atoms with van der Waals surface area (Å²) in [5.41, 5.74) is 0. The van der Waals surface area contributed by atoms with Crippen LogP contribution in [0, 0.1) is 5.92 Å². The number of halogens is 1. The molecule has 1 N–H and O–H groups in total. The van der Waals surface area contributed by atoms with Crippen LogP contribution in [0.4, 0.5) is 0 Å². The highest BCUT2D eigenvalue weighted by atomic mass is 35.5. The highest BCUT2D eigenvalue weighted by Crippen LogP contribution is 2.16. The third kappa shape index (κ3) is 6.92. The van der Waals surface area contributed by atoms with Crippen LogP contribution in [-0.2, 0) is 4.79 Å². The number of benzene rings is 1. The minimum atomic E-state index is 0.0994. The standard InChI is InChI=1S/C14H20ClNOS/c1-12(10-15)6-5-9-16-14(17)11-18-13-7-3-2-4-8-13/h2-4,7-8,12H,5-6,9-11H2,1H3,(H,16,17). The first-order chi connectivity index (χ1) is 8.72. The van der Waals surface area contributed by atoms with Crippen molar-refractivity contribution in [2.75, 3.05) is 18.2 Å². The van der Waals surface area contributed by atoms with E-state index in [1.807, 2.05) is 30.3 Å². The van der Waals surface area contributed by atoms with Gasteiger partial charge < -0.3 is 5.32 Å². The van der Waals surface area contributed by atoms with Crippen LogP contribution in [0.3, 0.4) is 0 Å². The van der Waals surface area contributed by atoms with Crippen LogP contribution in [-0.4, -0.2) is 24.1 Å². The fraction of sp³-hybridized carbons (Fsp3) is 0.500. The van der Waals surface area contributed by atoms with Crippen LogP contribution in [0.1, 0.15) is 19.8 Å². The van der Waals surface area contributed by atoms with Crippen molar-refractivity contribution in [2.24, 2.45) is 5.92 Å². The van der Waals surface area contributed by atoms with Gasteiger partial charge in [0.25, 0.3) is 0 Å². The number of thioether (sulfide) groups is 1. The molecule has 1 aromatic carbocycles. The van der Waals surface area contributed by atoms with Crippen LogP contribution in [0.5, 0.6) is 0 Å². The van der Waals surface area contributed by atoms with E-state index in [9.17, 15) is 4.79 Å². The largest absolute Gasteiger partial charge is 0.355 e. The van der Waals surface area contributed by atoms with Crippen molar-refractivity contribution in [1.82, 2.24) is 5.32 Å². The number of hydrogen-bond acceptors (Lipinski definition) is 2. The quantitative estimate of drug-likeness (QED) is 0.450. The zero-order valence-electron chi connectivity index (χ0n) is 10.7. The van der Waals surface area contributed by atoms with E-state index in [-0.39, 0.29) is 5.91 Å². The lowest BCUT2D eigenvalue weighted by atomic mass is 10.1. The van der Waals surface area contributed by atoms with Gasteiger partial charge in [0.1, 0.15) is 0 Å². The van der Waals surface area contributed by atoms with E-state index in [0.29, 0.717) is 17.6 Å². The lowest BCUT2D eigenvalue weighted by Gasteiger charge is -2.08. The molecule has 0 bridgehead atoms. The summed E-state index contributed by atoms with van der Waals surface area (Å²) in [6.45, 7) is 2.87. The van der Waals surface area contributed by atoms with Crippen LogP contribution >= 0.6 is 23.4 Å². The van der Waals surface area contributed by atoms with Gasteiger partial charge in [0.2, 0.25) is 5.91 Å². The lowest BCUT2D eigenvalue weighted by Crippen LogP contribution is -2.26. The first-order valence-corrected chi connectivity index (χ1v) is 7.75. The molecule has 0 aliphatic rings. The molecule has 0 aliphatic carbocycles. The molecule has 0 heterocycles. The van der Waals surface area contributed by atoms with Crippen LogP contribution < -0.4 is 5.32 Å². The minimum absolute atomic E-state index is 0.0994. The summed E-state index contributed by atoms with van der Waals surface area (Å²) in [5, 5.41) is 2.93. The Labute approximate surface area is 118 Å². The maximum Gasteiger partial charge on any atom is 0.230 e. The van der Waals surface area contributed by atoms with Gasteiger partial charge in [-0.15, -0.1) is 23.4 Å². The lowest BCUT2D eigenvalue weighted by molar-refractivity contribution is -0.118. The van der Waals surface area contributed by atoms with Gasteiger partial charge in [0.05, 0.1) is 5.75 Å². The zero-order valence-corrected chi connectivity index (χ0v) is 12.3. The number of carbonyl (C=O) groups excluding carboxylic acids is 1. The van der Waals surface area contributed by atoms with Crippen molar-refractivity contribution in [3.63, 3.8) is 0 Å². The molecule has 1 unspecified atom stereocenters. The average molecular weight is 286 g/mol. The highest BCUT2D eigenvalue weighted by Gasteiger charge is 2.03. The molecule has 0 spiro atoms. The Hall–Kier alpha value is -0.670. The summed E-state index contributed by atoms with van der Waals surface area (Å²) in [6.07, 6.45) is 2.06. The van der Waals surface area contributed by atoms with Crippen molar-refractivity contribution in [2.45, 2.75) is 24.7 Å². The Morgan fingerprint density at radius 3 is 2.78 bits per heavy atom. The van der Waals surface area contributed by atoms with Crippen LogP contribution in [0.15, 0.2) is 35.2 Å². The van der Waals surface area contributed by atoms with Gasteiger partial charge in [-0.05, 0) is 30.9 Å². The Bertz CT molecular complexity index is 345. The van der Waals surface area contributed by atoms with Gasteiger partial charge in [-0.2, -0.15) is 0 Å². The number of carbonyl (C=O) groups is 1. The molecule has 0 fully saturated rings. The topological polar surface area (TPSA) is 29.1 Å². The molecular formula is C14H20ClNOS. The van der Waals surface area contributed by atoms with Gasteiger partial charge in [-0.3, -0.25) is 4.79 Å². The summed E-state index contributed by atoms with van der Waals surface area (Å²) in [4.78, 5) is 12.7. The molecule has 1 amide bonds. The summed E-state index contributed by atoms with van der Waals surface area (Å²) >= 11 is 7.28. The third-order valence-corrected chi connectivity index (χ3v) is 4.11. The van der Waals surface area contributed by atoms with Gasteiger partial charge in [0, 0.05) is 17.3 Å². The first-order valence-electron chi connectivity index (χ1n) is 6.23. The molecule has 2 nitrogen and oxygen atoms in total. The maximum atomic E-state index is 11.6. The van der Waals surface area contributed by atoms with Gasteiger partial charge in [-0.1, -0.05) is 25.1 Å². The SMILES string of the molecule is CC(CCl)CCCNC(=O)CSc1ccccc1. The Morgan fingerprint density at radius 1 is 1.39 bits per heavy atom. The summed E-state index contributed by atoms with van der Waals surface area (Å²) in [7, 11) is 0. The van der Waals surface area contributed by atoms with Gasteiger partial charge in [0.15, 0.2) is 0 Å². The normalized spacial score (nSPS) is 12.1. The molecule has 0 saturated heterocycles. The monoisotopic (exact) mass is 285 g/mol. The maximum absolute atomic E-state index is 11.6. The molecule has 1 atom stereocenters. The predicted octanol–water partition coefficient (Wildman–Crippen LogP) is 3.55. The smallest absolute Gasteiger partial charge is 0.230 e. The second-order valence-corrected chi connectivity index (χ2v) is 5.71. The average Bonchev–Trinajstić information content (AvgIpc) is 2.42. The van der Waals surface area contributed by atoms with Crippen molar-refractivity contribution < 1.29 is 4.79 Å². The fourth-order valence-corrected chi connectivity index (χ4v) is 2.38. The number of amides is 1. The van der Waals surface area contributed by atoms with Crippen LogP contribution in [0.25, 0.3) is 0 Å². The summed E-state index contributed by atoms with van der Waals surface area (Å²) in [6, 6.07) is 9.96. The van der Waals surface area contributed by atoms with E-state index >= 15 is 0 Å². The number of hydrogen-bond donors (Lipinski definition) is 1. The van der Waals surface area contributed by atoms with E-state index in [0.717, 1.165) is 24.3 Å². The van der Waals surface area contributed by atoms with Gasteiger partial charge in [-0.25, -0.2) is 0 Å². The Kier molecular flexibility index (Phi) is 7.94. The second-order valence-electron chi connectivity index (χ2n) is 4.35. The number of nitrogens with one attached hydrogen (secondary N) is 1. The Morgan fingerprint density at radius 2 is 2.11 bits per heavy atom. The molecule has 0 aliphatic heterocycles. The Balaban J connectivity index is 2.07. The molecule has 0 aromatic heterocycles. The van der Waals surface area contributed by atoms with Gasteiger partial charge >= 0.3 is 0 Å². The summed E-state index contributed by atoms with van der Waals surface area (Å²) < 4.78 is 0. The van der Waals surface area contributed by atoms with Crippen LogP contribution in [0.2, 0.25) is 0 Å².